The summed E-state index contributed by atoms with van der Waals surface area (Å²) in [7, 11) is 0. The van der Waals surface area contributed by atoms with Crippen LogP contribution in [0.4, 0.5) is 0 Å². The maximum absolute atomic E-state index is 10.2. The van der Waals surface area contributed by atoms with Gasteiger partial charge in [-0.15, -0.1) is 0 Å². The van der Waals surface area contributed by atoms with Crippen LogP contribution >= 0.6 is 0 Å². The van der Waals surface area contributed by atoms with Crippen molar-refractivity contribution in [3.8, 4) is 0 Å². The lowest BCUT2D eigenvalue weighted by Crippen LogP contribution is -2.26. The van der Waals surface area contributed by atoms with E-state index in [4.69, 9.17) is 0 Å². The molecule has 2 aliphatic carbocycles. The average molecular weight is 214 g/mol. The SMILES string of the molecule is CC(C)(O)C(=CC1C=CC=C1)C1C=CC=C1. The summed E-state index contributed by atoms with van der Waals surface area (Å²) in [5.41, 5.74) is 0.298. The Balaban J connectivity index is 2.27. The van der Waals surface area contributed by atoms with Crippen LogP contribution in [0.5, 0.6) is 0 Å². The van der Waals surface area contributed by atoms with E-state index in [0.29, 0.717) is 5.92 Å². The van der Waals surface area contributed by atoms with Crippen LogP contribution in [-0.2, 0) is 0 Å². The number of aliphatic hydroxyl groups is 1. The van der Waals surface area contributed by atoms with Gasteiger partial charge in [0.25, 0.3) is 0 Å². The maximum Gasteiger partial charge on any atom is 0.0809 e. The molecule has 1 N–H and O–H groups in total. The third kappa shape index (κ3) is 2.42. The van der Waals surface area contributed by atoms with Gasteiger partial charge in [0.1, 0.15) is 0 Å². The second-order valence-corrected chi connectivity index (χ2v) is 4.82. The molecule has 0 unspecified atom stereocenters. The fourth-order valence-electron chi connectivity index (χ4n) is 2.13. The van der Waals surface area contributed by atoms with Gasteiger partial charge in [0.05, 0.1) is 5.60 Å². The molecule has 0 aliphatic heterocycles. The highest BCUT2D eigenvalue weighted by molar-refractivity contribution is 5.36. The van der Waals surface area contributed by atoms with E-state index in [2.05, 4.69) is 30.4 Å². The van der Waals surface area contributed by atoms with Gasteiger partial charge < -0.3 is 5.11 Å². The Labute approximate surface area is 97.2 Å². The van der Waals surface area contributed by atoms with Crippen molar-refractivity contribution >= 4 is 0 Å². The number of allylic oxidation sites excluding steroid dienone is 9. The Morgan fingerprint density at radius 3 is 2.00 bits per heavy atom. The van der Waals surface area contributed by atoms with Gasteiger partial charge in [0.2, 0.25) is 0 Å². The lowest BCUT2D eigenvalue weighted by molar-refractivity contribution is 0.113. The number of rotatable bonds is 3. The van der Waals surface area contributed by atoms with Gasteiger partial charge in [0, 0.05) is 11.8 Å². The molecular formula is C15H18O. The summed E-state index contributed by atoms with van der Waals surface area (Å²) in [5, 5.41) is 10.2. The van der Waals surface area contributed by atoms with Crippen LogP contribution in [0.3, 0.4) is 0 Å². The molecule has 0 aromatic carbocycles. The number of hydrogen-bond acceptors (Lipinski definition) is 1. The minimum Gasteiger partial charge on any atom is -0.386 e. The third-order valence-corrected chi connectivity index (χ3v) is 2.96. The highest BCUT2D eigenvalue weighted by atomic mass is 16.3. The fourth-order valence-corrected chi connectivity index (χ4v) is 2.13. The van der Waals surface area contributed by atoms with Crippen LogP contribution in [-0.4, -0.2) is 10.7 Å². The summed E-state index contributed by atoms with van der Waals surface area (Å²) in [6.07, 6.45) is 18.8. The summed E-state index contributed by atoms with van der Waals surface area (Å²) < 4.78 is 0. The van der Waals surface area contributed by atoms with Crippen molar-refractivity contribution in [1.82, 2.24) is 0 Å². The van der Waals surface area contributed by atoms with Crippen LogP contribution < -0.4 is 0 Å². The van der Waals surface area contributed by atoms with Crippen LogP contribution in [0.1, 0.15) is 13.8 Å². The topological polar surface area (TPSA) is 20.2 Å². The summed E-state index contributed by atoms with van der Waals surface area (Å²) >= 11 is 0. The highest BCUT2D eigenvalue weighted by Crippen LogP contribution is 2.30. The molecule has 0 bridgehead atoms. The standard InChI is InChI=1S/C15H18O/c1-15(2,16)14(13-9-5-6-10-13)11-12-7-3-4-8-12/h3-13,16H,1-2H3. The zero-order valence-corrected chi connectivity index (χ0v) is 9.80. The minimum absolute atomic E-state index is 0.238. The zero-order valence-electron chi connectivity index (χ0n) is 9.80. The summed E-state index contributed by atoms with van der Waals surface area (Å²) in [4.78, 5) is 0. The zero-order chi connectivity index (χ0) is 11.6. The van der Waals surface area contributed by atoms with E-state index in [9.17, 15) is 5.11 Å². The Morgan fingerprint density at radius 1 is 1.00 bits per heavy atom. The van der Waals surface area contributed by atoms with Crippen molar-refractivity contribution in [1.29, 1.82) is 0 Å². The van der Waals surface area contributed by atoms with E-state index >= 15 is 0 Å². The first-order valence-electron chi connectivity index (χ1n) is 5.72. The van der Waals surface area contributed by atoms with Crippen molar-refractivity contribution in [2.45, 2.75) is 19.4 Å². The van der Waals surface area contributed by atoms with Gasteiger partial charge in [-0.1, -0.05) is 54.7 Å². The fraction of sp³-hybridized carbons (Fsp3) is 0.333. The first-order chi connectivity index (χ1) is 7.57. The second-order valence-electron chi connectivity index (χ2n) is 4.82. The van der Waals surface area contributed by atoms with Crippen LogP contribution in [0.15, 0.2) is 60.3 Å². The predicted molar refractivity (Wildman–Crippen MR) is 67.9 cm³/mol. The molecule has 0 heterocycles. The molecule has 0 spiro atoms. The molecule has 0 aromatic rings. The Kier molecular flexibility index (Phi) is 2.97. The summed E-state index contributed by atoms with van der Waals surface area (Å²) in [6, 6.07) is 0. The normalized spacial score (nSPS) is 21.6. The first-order valence-corrected chi connectivity index (χ1v) is 5.72. The molecule has 0 radical (unpaired) electrons. The molecule has 16 heavy (non-hydrogen) atoms. The lowest BCUT2D eigenvalue weighted by atomic mass is 9.85. The van der Waals surface area contributed by atoms with E-state index in [-0.39, 0.29) is 5.92 Å². The van der Waals surface area contributed by atoms with Crippen LogP contribution in [0.2, 0.25) is 0 Å². The molecule has 0 fully saturated rings. The quantitative estimate of drug-likeness (QED) is 0.715. The van der Waals surface area contributed by atoms with Crippen molar-refractivity contribution in [3.63, 3.8) is 0 Å². The van der Waals surface area contributed by atoms with Crippen molar-refractivity contribution in [2.24, 2.45) is 11.8 Å². The Bertz CT molecular complexity index is 376. The van der Waals surface area contributed by atoms with Gasteiger partial charge in [0.15, 0.2) is 0 Å². The second kappa shape index (κ2) is 4.26. The van der Waals surface area contributed by atoms with E-state index in [0.717, 1.165) is 5.57 Å². The summed E-state index contributed by atoms with van der Waals surface area (Å²) in [5.74, 6) is 0.561. The van der Waals surface area contributed by atoms with Crippen molar-refractivity contribution < 1.29 is 5.11 Å². The highest BCUT2D eigenvalue weighted by Gasteiger charge is 2.25. The minimum atomic E-state index is -0.770. The molecule has 0 saturated carbocycles. The number of hydrogen-bond donors (Lipinski definition) is 1. The van der Waals surface area contributed by atoms with Gasteiger partial charge in [-0.25, -0.2) is 0 Å². The van der Waals surface area contributed by atoms with Gasteiger partial charge in [-0.3, -0.25) is 0 Å². The molecule has 0 saturated heterocycles. The average Bonchev–Trinajstić information content (AvgIpc) is 2.85. The third-order valence-electron chi connectivity index (χ3n) is 2.96. The molecule has 84 valence electrons. The Hall–Kier alpha value is -1.34. The van der Waals surface area contributed by atoms with Crippen LogP contribution in [0.25, 0.3) is 0 Å². The van der Waals surface area contributed by atoms with E-state index in [1.54, 1.807) is 0 Å². The molecule has 1 nitrogen and oxygen atoms in total. The van der Waals surface area contributed by atoms with Gasteiger partial charge in [-0.05, 0) is 19.4 Å². The van der Waals surface area contributed by atoms with E-state index in [1.165, 1.54) is 0 Å². The molecule has 2 rings (SSSR count). The predicted octanol–water partition coefficient (Wildman–Crippen LogP) is 3.17. The molecular weight excluding hydrogens is 196 g/mol. The monoisotopic (exact) mass is 214 g/mol. The molecule has 1 heteroatoms. The Morgan fingerprint density at radius 2 is 1.50 bits per heavy atom. The van der Waals surface area contributed by atoms with Gasteiger partial charge in [-0.2, -0.15) is 0 Å². The van der Waals surface area contributed by atoms with Crippen molar-refractivity contribution in [3.05, 3.63) is 60.3 Å². The summed E-state index contributed by atoms with van der Waals surface area (Å²) in [6.45, 7) is 3.70. The van der Waals surface area contributed by atoms with Crippen molar-refractivity contribution in [2.75, 3.05) is 0 Å². The van der Waals surface area contributed by atoms with E-state index in [1.807, 2.05) is 38.2 Å². The molecule has 0 amide bonds. The molecule has 0 atom stereocenters. The lowest BCUT2D eigenvalue weighted by Gasteiger charge is -2.26. The first kappa shape index (κ1) is 11.2. The molecule has 0 aromatic heterocycles. The maximum atomic E-state index is 10.2. The van der Waals surface area contributed by atoms with Crippen LogP contribution in [0, 0.1) is 11.8 Å². The smallest absolute Gasteiger partial charge is 0.0809 e. The largest absolute Gasteiger partial charge is 0.386 e. The van der Waals surface area contributed by atoms with E-state index < -0.39 is 5.60 Å². The molecule has 2 aliphatic rings. The van der Waals surface area contributed by atoms with Gasteiger partial charge >= 0.3 is 0 Å².